The van der Waals surface area contributed by atoms with Crippen LogP contribution < -0.4 is 0 Å². The van der Waals surface area contributed by atoms with Crippen LogP contribution in [0.3, 0.4) is 0 Å². The molecule has 0 aliphatic heterocycles. The highest BCUT2D eigenvalue weighted by Gasteiger charge is 2.02. The molecule has 0 aromatic heterocycles. The van der Waals surface area contributed by atoms with Crippen molar-refractivity contribution in [3.63, 3.8) is 0 Å². The monoisotopic (exact) mass is 588 g/mol. The molecule has 0 saturated carbocycles. The minimum absolute atomic E-state index is 0. The Morgan fingerprint density at radius 3 is 0.700 bits per heavy atom. The topological polar surface area (TPSA) is 35.5 Å². The standard InChI is InChI=1S/C36H74O3S/c1-3-5-7-9-11-13-15-17-19-21-23-25-27-29-31-33-35-38-40(37)39-36-34-32-30-28-26-24-22-20-18-16-14-12-10-8-6-4-2/h3-36H2,1-2H3/p+1. The molecule has 0 bridgehead atoms. The molecule has 0 aromatic carbocycles. The molecule has 0 radical (unpaired) electrons. The third kappa shape index (κ3) is 36.1. The van der Waals surface area contributed by atoms with Gasteiger partial charge in [0.1, 0.15) is 0 Å². The summed E-state index contributed by atoms with van der Waals surface area (Å²) in [7, 11) is 0. The summed E-state index contributed by atoms with van der Waals surface area (Å²) in [6.45, 7) is 5.70. The number of unbranched alkanes of at least 4 members (excludes halogenated alkanes) is 30. The van der Waals surface area contributed by atoms with Crippen molar-refractivity contribution < 1.29 is 14.0 Å². The second-order valence-electron chi connectivity index (χ2n) is 12.5. The molecule has 40 heavy (non-hydrogen) atoms. The molecule has 0 amide bonds. The van der Waals surface area contributed by atoms with E-state index in [0.29, 0.717) is 13.2 Å². The van der Waals surface area contributed by atoms with Crippen LogP contribution in [0.1, 0.15) is 221 Å². The first-order valence-corrected chi connectivity index (χ1v) is 19.5. The maximum absolute atomic E-state index is 11.8. The average molecular weight is 588 g/mol. The maximum atomic E-state index is 11.8. The maximum Gasteiger partial charge on any atom is 1.00 e. The minimum Gasteiger partial charge on any atom is -0.268 e. The predicted octanol–water partition coefficient (Wildman–Crippen LogP) is 13.2. The summed E-state index contributed by atoms with van der Waals surface area (Å²) in [6, 6.07) is 0. The Kier molecular flexibility index (Phi) is 37.2. The summed E-state index contributed by atoms with van der Waals surface area (Å²) in [4.78, 5) is 0. The molecule has 0 aliphatic rings. The zero-order chi connectivity index (χ0) is 29.0. The van der Waals surface area contributed by atoms with E-state index in [1.54, 1.807) is 0 Å². The van der Waals surface area contributed by atoms with Gasteiger partial charge in [0.05, 0.1) is 13.2 Å². The Morgan fingerprint density at radius 2 is 0.500 bits per heavy atom. The van der Waals surface area contributed by atoms with Gasteiger partial charge in [-0.15, -0.1) is 0 Å². The largest absolute Gasteiger partial charge is 1.00 e. The zero-order valence-electron chi connectivity index (χ0n) is 28.7. The van der Waals surface area contributed by atoms with Crippen LogP contribution in [0.4, 0.5) is 0 Å². The first kappa shape index (κ1) is 40.1. The lowest BCUT2D eigenvalue weighted by Gasteiger charge is -2.05. The molecule has 0 rings (SSSR count). The highest BCUT2D eigenvalue weighted by Crippen LogP contribution is 2.15. The Hall–Kier alpha value is 0.0700. The minimum atomic E-state index is -1.56. The Bertz CT molecular complexity index is 438. The van der Waals surface area contributed by atoms with Crippen molar-refractivity contribution in [2.45, 2.75) is 219 Å². The smallest absolute Gasteiger partial charge is 0.268 e. The summed E-state index contributed by atoms with van der Waals surface area (Å²) >= 11 is -1.56. The molecule has 4 heteroatoms. The van der Waals surface area contributed by atoms with Crippen LogP contribution in [0.2, 0.25) is 0 Å². The fraction of sp³-hybridized carbons (Fsp3) is 1.00. The normalized spacial score (nSPS) is 11.7. The fourth-order valence-corrected chi connectivity index (χ4v) is 6.16. The van der Waals surface area contributed by atoms with Gasteiger partial charge in [0.15, 0.2) is 0 Å². The van der Waals surface area contributed by atoms with Crippen molar-refractivity contribution in [2.75, 3.05) is 13.2 Å². The molecule has 0 heterocycles. The van der Waals surface area contributed by atoms with Crippen LogP contribution in [0.5, 0.6) is 0 Å². The summed E-state index contributed by atoms with van der Waals surface area (Å²) in [5, 5.41) is 0. The molecule has 0 N–H and O–H groups in total. The summed E-state index contributed by atoms with van der Waals surface area (Å²) < 4.78 is 22.5. The number of hydrogen-bond acceptors (Lipinski definition) is 3. The van der Waals surface area contributed by atoms with Gasteiger partial charge in [0.2, 0.25) is 0 Å². The van der Waals surface area contributed by atoms with E-state index >= 15 is 0 Å². The van der Waals surface area contributed by atoms with Gasteiger partial charge >= 0.3 is 12.8 Å². The third-order valence-electron chi connectivity index (χ3n) is 8.35. The molecule has 3 nitrogen and oxygen atoms in total. The molecule has 0 atom stereocenters. The molecular weight excluding hydrogens is 512 g/mol. The van der Waals surface area contributed by atoms with Gasteiger partial charge in [-0.25, -0.2) is 0 Å². The van der Waals surface area contributed by atoms with Gasteiger partial charge in [0, 0.05) is 0 Å². The van der Waals surface area contributed by atoms with Gasteiger partial charge in [0.25, 0.3) is 0 Å². The zero-order valence-corrected chi connectivity index (χ0v) is 28.5. The molecule has 0 aliphatic carbocycles. The predicted molar refractivity (Wildman–Crippen MR) is 180 cm³/mol. The highest BCUT2D eigenvalue weighted by molar-refractivity contribution is 7.75. The van der Waals surface area contributed by atoms with E-state index in [0.717, 1.165) is 12.8 Å². The quantitative estimate of drug-likeness (QED) is 0.0684. The molecule has 0 spiro atoms. The SMILES string of the molecule is CCCCCCCCCCCCCCCCCCOS(=O)OCCCCCCCCCCCCCCCCCC.[H+]. The van der Waals surface area contributed by atoms with Crippen LogP contribution in [0.15, 0.2) is 0 Å². The van der Waals surface area contributed by atoms with Crippen LogP contribution in [0.25, 0.3) is 0 Å². The van der Waals surface area contributed by atoms with Gasteiger partial charge in [-0.1, -0.05) is 206 Å². The Labute approximate surface area is 257 Å². The number of rotatable bonds is 36. The average Bonchev–Trinajstić information content (AvgIpc) is 2.96. The van der Waals surface area contributed by atoms with Crippen molar-refractivity contribution >= 4 is 11.4 Å². The van der Waals surface area contributed by atoms with Crippen LogP contribution >= 0.6 is 0 Å². The van der Waals surface area contributed by atoms with Crippen molar-refractivity contribution in [1.82, 2.24) is 0 Å². The van der Waals surface area contributed by atoms with Crippen LogP contribution in [0, 0.1) is 0 Å². The molecular formula is C36H75O3S+. The molecule has 0 unspecified atom stereocenters. The Balaban J connectivity index is 0. The van der Waals surface area contributed by atoms with Crippen molar-refractivity contribution in [1.29, 1.82) is 0 Å². The van der Waals surface area contributed by atoms with E-state index in [2.05, 4.69) is 13.8 Å². The fourth-order valence-electron chi connectivity index (χ4n) is 5.59. The summed E-state index contributed by atoms with van der Waals surface area (Å²) in [5.41, 5.74) is 0. The van der Waals surface area contributed by atoms with E-state index in [4.69, 9.17) is 8.37 Å². The van der Waals surface area contributed by atoms with E-state index in [1.807, 2.05) is 0 Å². The molecule has 0 aromatic rings. The van der Waals surface area contributed by atoms with Crippen LogP contribution in [-0.4, -0.2) is 17.4 Å². The van der Waals surface area contributed by atoms with Crippen molar-refractivity contribution in [3.8, 4) is 0 Å². The van der Waals surface area contributed by atoms with E-state index in [1.165, 1.54) is 193 Å². The number of hydrogen-bond donors (Lipinski definition) is 0. The summed E-state index contributed by atoms with van der Waals surface area (Å²) in [5.74, 6) is 0. The lowest BCUT2D eigenvalue weighted by molar-refractivity contribution is 0.240. The first-order valence-electron chi connectivity index (χ1n) is 18.5. The lowest BCUT2D eigenvalue weighted by atomic mass is 10.0. The highest BCUT2D eigenvalue weighted by atomic mass is 32.2. The second-order valence-corrected chi connectivity index (χ2v) is 13.3. The van der Waals surface area contributed by atoms with Gasteiger partial charge < -0.3 is 0 Å². The Morgan fingerprint density at radius 1 is 0.325 bits per heavy atom. The second kappa shape index (κ2) is 37.1. The van der Waals surface area contributed by atoms with Gasteiger partial charge in [-0.2, -0.15) is 4.21 Å². The van der Waals surface area contributed by atoms with Gasteiger partial charge in [-0.3, -0.25) is 8.37 Å². The van der Waals surface area contributed by atoms with Crippen molar-refractivity contribution in [2.24, 2.45) is 0 Å². The van der Waals surface area contributed by atoms with Gasteiger partial charge in [-0.05, 0) is 12.8 Å². The van der Waals surface area contributed by atoms with E-state index < -0.39 is 11.4 Å². The van der Waals surface area contributed by atoms with E-state index in [9.17, 15) is 4.21 Å². The third-order valence-corrected chi connectivity index (χ3v) is 9.07. The van der Waals surface area contributed by atoms with E-state index in [-0.39, 0.29) is 1.43 Å². The first-order chi connectivity index (χ1) is 19.8. The lowest BCUT2D eigenvalue weighted by Crippen LogP contribution is -2.05. The summed E-state index contributed by atoms with van der Waals surface area (Å²) in [6.07, 6.45) is 43.6. The molecule has 0 fully saturated rings. The molecule has 0 saturated heterocycles. The van der Waals surface area contributed by atoms with Crippen molar-refractivity contribution in [3.05, 3.63) is 0 Å². The molecule has 242 valence electrons. The van der Waals surface area contributed by atoms with Crippen LogP contribution in [-0.2, 0) is 19.7 Å².